The van der Waals surface area contributed by atoms with Gasteiger partial charge < -0.3 is 15.1 Å². The van der Waals surface area contributed by atoms with Crippen LogP contribution in [0.3, 0.4) is 0 Å². The first-order chi connectivity index (χ1) is 6.77. The molecule has 0 spiro atoms. The normalized spacial score (nSPS) is 21.6. The number of carbonyl (C=O) groups is 1. The van der Waals surface area contributed by atoms with Crippen molar-refractivity contribution in [1.82, 2.24) is 4.90 Å². The van der Waals surface area contributed by atoms with E-state index in [9.17, 15) is 4.79 Å². The highest BCUT2D eigenvalue weighted by Gasteiger charge is 2.24. The molecule has 4 heteroatoms. The van der Waals surface area contributed by atoms with E-state index in [1.807, 2.05) is 4.90 Å². The first-order valence-corrected chi connectivity index (χ1v) is 5.27. The Morgan fingerprint density at radius 3 is 2.71 bits per heavy atom. The minimum absolute atomic E-state index is 0.159. The van der Waals surface area contributed by atoms with Crippen molar-refractivity contribution in [2.24, 2.45) is 5.92 Å². The molecule has 1 amide bonds. The smallest absolute Gasteiger partial charge is 0.222 e. The molecule has 82 valence electrons. The highest BCUT2D eigenvalue weighted by atomic mass is 16.3. The maximum absolute atomic E-state index is 11.5. The van der Waals surface area contributed by atoms with Crippen molar-refractivity contribution in [3.8, 4) is 0 Å². The second-order valence-corrected chi connectivity index (χ2v) is 3.86. The molecule has 1 atom stereocenters. The highest BCUT2D eigenvalue weighted by molar-refractivity contribution is 5.76. The first kappa shape index (κ1) is 11.5. The van der Waals surface area contributed by atoms with Gasteiger partial charge in [0.1, 0.15) is 0 Å². The lowest BCUT2D eigenvalue weighted by atomic mass is 10.1. The molecule has 14 heavy (non-hydrogen) atoms. The van der Waals surface area contributed by atoms with Crippen LogP contribution in [0.25, 0.3) is 0 Å². The van der Waals surface area contributed by atoms with Crippen molar-refractivity contribution in [3.63, 3.8) is 0 Å². The molecule has 1 aliphatic rings. The molecular weight excluding hydrogens is 182 g/mol. The molecule has 4 nitrogen and oxygen atoms in total. The Labute approximate surface area is 84.5 Å². The van der Waals surface area contributed by atoms with Crippen LogP contribution in [0.2, 0.25) is 0 Å². The van der Waals surface area contributed by atoms with Crippen LogP contribution in [0.5, 0.6) is 0 Å². The van der Waals surface area contributed by atoms with Gasteiger partial charge in [0.05, 0.1) is 0 Å². The third kappa shape index (κ3) is 3.27. The number of likely N-dealkylation sites (tertiary alicyclic amines) is 1. The highest BCUT2D eigenvalue weighted by Crippen LogP contribution is 2.16. The Balaban J connectivity index is 2.18. The number of hydrogen-bond donors (Lipinski definition) is 2. The summed E-state index contributed by atoms with van der Waals surface area (Å²) in [6.07, 6.45) is 2.90. The molecule has 0 saturated carbocycles. The zero-order chi connectivity index (χ0) is 10.4. The summed E-state index contributed by atoms with van der Waals surface area (Å²) in [7, 11) is 0. The molecule has 0 aromatic rings. The summed E-state index contributed by atoms with van der Waals surface area (Å²) in [4.78, 5) is 13.4. The molecule has 2 N–H and O–H groups in total. The van der Waals surface area contributed by atoms with Gasteiger partial charge in [0.2, 0.25) is 5.91 Å². The lowest BCUT2D eigenvalue weighted by Gasteiger charge is -2.15. The van der Waals surface area contributed by atoms with Gasteiger partial charge in [-0.3, -0.25) is 4.79 Å². The third-order valence-electron chi connectivity index (χ3n) is 2.70. The van der Waals surface area contributed by atoms with Gasteiger partial charge in [-0.1, -0.05) is 0 Å². The van der Waals surface area contributed by atoms with E-state index >= 15 is 0 Å². The van der Waals surface area contributed by atoms with Crippen LogP contribution < -0.4 is 0 Å². The summed E-state index contributed by atoms with van der Waals surface area (Å²) >= 11 is 0. The number of amides is 1. The van der Waals surface area contributed by atoms with Crippen LogP contribution in [-0.2, 0) is 4.79 Å². The van der Waals surface area contributed by atoms with Crippen molar-refractivity contribution >= 4 is 5.91 Å². The van der Waals surface area contributed by atoms with Gasteiger partial charge in [-0.15, -0.1) is 0 Å². The van der Waals surface area contributed by atoms with Gasteiger partial charge in [-0.2, -0.15) is 0 Å². The van der Waals surface area contributed by atoms with Crippen molar-refractivity contribution in [2.45, 2.75) is 25.7 Å². The predicted octanol–water partition coefficient (Wildman–Crippen LogP) is -0.0102. The molecule has 0 aromatic carbocycles. The largest absolute Gasteiger partial charge is 0.396 e. The van der Waals surface area contributed by atoms with Crippen LogP contribution in [0, 0.1) is 5.92 Å². The second-order valence-electron chi connectivity index (χ2n) is 3.86. The zero-order valence-corrected chi connectivity index (χ0v) is 8.48. The second kappa shape index (κ2) is 5.98. The van der Waals surface area contributed by atoms with E-state index in [1.165, 1.54) is 0 Å². The first-order valence-electron chi connectivity index (χ1n) is 5.27. The monoisotopic (exact) mass is 201 g/mol. The lowest BCUT2D eigenvalue weighted by molar-refractivity contribution is -0.130. The minimum Gasteiger partial charge on any atom is -0.396 e. The molecule has 1 fully saturated rings. The number of carbonyl (C=O) groups excluding carboxylic acids is 1. The van der Waals surface area contributed by atoms with Crippen LogP contribution >= 0.6 is 0 Å². The topological polar surface area (TPSA) is 60.8 Å². The number of aliphatic hydroxyl groups excluding tert-OH is 2. The summed E-state index contributed by atoms with van der Waals surface area (Å²) in [5.74, 6) is 0.436. The van der Waals surface area contributed by atoms with Crippen molar-refractivity contribution in [2.75, 3.05) is 26.3 Å². The Morgan fingerprint density at radius 2 is 2.14 bits per heavy atom. The molecule has 0 aliphatic carbocycles. The fourth-order valence-corrected chi connectivity index (χ4v) is 1.75. The van der Waals surface area contributed by atoms with Crippen molar-refractivity contribution in [3.05, 3.63) is 0 Å². The number of unbranched alkanes of at least 4 members (excludes halogenated alkanes) is 1. The minimum atomic E-state index is 0.159. The Bertz CT molecular complexity index is 184. The van der Waals surface area contributed by atoms with Crippen molar-refractivity contribution < 1.29 is 15.0 Å². The van der Waals surface area contributed by atoms with Gasteiger partial charge >= 0.3 is 0 Å². The Kier molecular flexibility index (Phi) is 4.90. The van der Waals surface area contributed by atoms with E-state index in [4.69, 9.17) is 10.2 Å². The molecular formula is C10H19NO3. The number of rotatable bonds is 5. The number of aliphatic hydroxyl groups is 2. The summed E-state index contributed by atoms with van der Waals surface area (Å²) in [6.45, 7) is 1.82. The lowest BCUT2D eigenvalue weighted by Crippen LogP contribution is -2.28. The van der Waals surface area contributed by atoms with Crippen LogP contribution in [0.15, 0.2) is 0 Å². The van der Waals surface area contributed by atoms with E-state index in [-0.39, 0.29) is 25.0 Å². The molecule has 1 heterocycles. The van der Waals surface area contributed by atoms with Gasteiger partial charge in [0.25, 0.3) is 0 Å². The summed E-state index contributed by atoms with van der Waals surface area (Å²) in [5, 5.41) is 17.5. The van der Waals surface area contributed by atoms with Gasteiger partial charge in [-0.25, -0.2) is 0 Å². The fraction of sp³-hybridized carbons (Fsp3) is 0.900. The van der Waals surface area contributed by atoms with E-state index in [2.05, 4.69) is 0 Å². The molecule has 0 bridgehead atoms. The van der Waals surface area contributed by atoms with Gasteiger partial charge in [0.15, 0.2) is 0 Å². The van der Waals surface area contributed by atoms with E-state index in [0.29, 0.717) is 19.4 Å². The fourth-order valence-electron chi connectivity index (χ4n) is 1.75. The molecule has 1 rings (SSSR count). The molecule has 1 aliphatic heterocycles. The van der Waals surface area contributed by atoms with Crippen LogP contribution in [-0.4, -0.2) is 47.3 Å². The molecule has 1 unspecified atom stereocenters. The predicted molar refractivity (Wildman–Crippen MR) is 52.7 cm³/mol. The summed E-state index contributed by atoms with van der Waals surface area (Å²) in [6, 6.07) is 0. The summed E-state index contributed by atoms with van der Waals surface area (Å²) in [5.41, 5.74) is 0. The number of nitrogens with zero attached hydrogens (tertiary/aromatic N) is 1. The SMILES string of the molecule is O=C(CCCCO)N1CCC(CO)C1. The standard InChI is InChI=1S/C10H19NO3/c12-6-2-1-3-10(14)11-5-4-9(7-11)8-13/h9,12-13H,1-8H2. The number of hydrogen-bond acceptors (Lipinski definition) is 3. The Hall–Kier alpha value is -0.610. The van der Waals surface area contributed by atoms with Gasteiger partial charge in [0, 0.05) is 38.6 Å². The average Bonchev–Trinajstić information content (AvgIpc) is 2.66. The summed E-state index contributed by atoms with van der Waals surface area (Å²) < 4.78 is 0. The van der Waals surface area contributed by atoms with E-state index in [0.717, 1.165) is 19.4 Å². The average molecular weight is 201 g/mol. The maximum Gasteiger partial charge on any atom is 0.222 e. The van der Waals surface area contributed by atoms with Crippen LogP contribution in [0.1, 0.15) is 25.7 Å². The quantitative estimate of drug-likeness (QED) is 0.615. The van der Waals surface area contributed by atoms with Crippen molar-refractivity contribution in [1.29, 1.82) is 0 Å². The zero-order valence-electron chi connectivity index (χ0n) is 8.48. The molecule has 0 aromatic heterocycles. The third-order valence-corrected chi connectivity index (χ3v) is 2.70. The molecule has 0 radical (unpaired) electrons. The van der Waals surface area contributed by atoms with E-state index in [1.54, 1.807) is 0 Å². The van der Waals surface area contributed by atoms with E-state index < -0.39 is 0 Å². The Morgan fingerprint density at radius 1 is 1.36 bits per heavy atom. The van der Waals surface area contributed by atoms with Gasteiger partial charge in [-0.05, 0) is 19.3 Å². The van der Waals surface area contributed by atoms with Crippen LogP contribution in [0.4, 0.5) is 0 Å². The maximum atomic E-state index is 11.5. The molecule has 1 saturated heterocycles.